The average Bonchev–Trinajstić information content (AvgIpc) is 2.77. The molecule has 1 amide bonds. The van der Waals surface area contributed by atoms with Crippen molar-refractivity contribution in [1.82, 2.24) is 4.90 Å². The predicted octanol–water partition coefficient (Wildman–Crippen LogP) is 2.83. The Hall–Kier alpha value is -3.32. The van der Waals surface area contributed by atoms with Crippen LogP contribution in [-0.4, -0.2) is 48.8 Å². The lowest BCUT2D eigenvalue weighted by atomic mass is 10.1. The highest BCUT2D eigenvalue weighted by Crippen LogP contribution is 2.28. The molecule has 4 rings (SSSR count). The van der Waals surface area contributed by atoms with Crippen LogP contribution in [-0.2, 0) is 4.79 Å². The molecule has 1 aliphatic heterocycles. The number of para-hydroxylation sites is 1. The number of carbonyl (C=O) groups excluding carboxylic acids is 1. The molecule has 156 valence electrons. The molecule has 0 aliphatic carbocycles. The molecule has 0 saturated carbocycles. The number of aliphatic hydroxyl groups excluding tert-OH is 1. The van der Waals surface area contributed by atoms with Crippen LogP contribution in [0.25, 0.3) is 22.1 Å². The van der Waals surface area contributed by atoms with E-state index in [1.807, 2.05) is 12.1 Å². The van der Waals surface area contributed by atoms with Gasteiger partial charge in [-0.2, -0.15) is 0 Å². The summed E-state index contributed by atoms with van der Waals surface area (Å²) in [5, 5.41) is 10.3. The first-order valence-corrected chi connectivity index (χ1v) is 9.85. The number of hydrogen-bond donors (Lipinski definition) is 1. The fraction of sp³-hybridized carbons (Fsp3) is 0.304. The molecule has 0 unspecified atom stereocenters. The van der Waals surface area contributed by atoms with Gasteiger partial charge in [0.05, 0.1) is 18.8 Å². The number of rotatable bonds is 5. The highest BCUT2D eigenvalue weighted by atomic mass is 16.5. The number of amides is 1. The summed E-state index contributed by atoms with van der Waals surface area (Å²) in [4.78, 5) is 26.4. The summed E-state index contributed by atoms with van der Waals surface area (Å²) in [6.07, 6.45) is 0.873. The van der Waals surface area contributed by atoms with Crippen LogP contribution in [0.15, 0.2) is 57.7 Å². The van der Waals surface area contributed by atoms with Crippen LogP contribution in [0, 0.1) is 0 Å². The number of likely N-dealkylation sites (tertiary alicyclic amines) is 1. The third kappa shape index (κ3) is 4.16. The van der Waals surface area contributed by atoms with E-state index in [2.05, 4.69) is 0 Å². The van der Waals surface area contributed by atoms with Gasteiger partial charge in [-0.25, -0.2) is 4.79 Å². The number of fused-ring (bicyclic) bond motifs is 1. The van der Waals surface area contributed by atoms with Gasteiger partial charge in [0.2, 0.25) is 0 Å². The number of hydrogen-bond acceptors (Lipinski definition) is 6. The molecular formula is C23H23NO6. The van der Waals surface area contributed by atoms with Crippen molar-refractivity contribution < 1.29 is 23.8 Å². The summed E-state index contributed by atoms with van der Waals surface area (Å²) >= 11 is 0. The Balaban J connectivity index is 1.46. The number of aliphatic hydroxyl groups is 1. The molecule has 7 heteroatoms. The Morgan fingerprint density at radius 3 is 2.60 bits per heavy atom. The second-order valence-electron chi connectivity index (χ2n) is 7.25. The fourth-order valence-electron chi connectivity index (χ4n) is 3.56. The Morgan fingerprint density at radius 2 is 1.90 bits per heavy atom. The van der Waals surface area contributed by atoms with E-state index in [0.29, 0.717) is 54.1 Å². The van der Waals surface area contributed by atoms with Crippen molar-refractivity contribution in [3.63, 3.8) is 0 Å². The van der Waals surface area contributed by atoms with Gasteiger partial charge in [0.15, 0.2) is 17.9 Å². The summed E-state index contributed by atoms with van der Waals surface area (Å²) < 4.78 is 16.3. The van der Waals surface area contributed by atoms with E-state index in [1.165, 1.54) is 7.11 Å². The Kier molecular flexibility index (Phi) is 5.72. The Labute approximate surface area is 173 Å². The lowest BCUT2D eigenvalue weighted by molar-refractivity contribution is -0.135. The van der Waals surface area contributed by atoms with Gasteiger partial charge in [-0.1, -0.05) is 24.3 Å². The minimum atomic E-state index is -0.455. The van der Waals surface area contributed by atoms with Gasteiger partial charge in [0.1, 0.15) is 5.75 Å². The molecule has 1 N–H and O–H groups in total. The highest BCUT2D eigenvalue weighted by molar-refractivity contribution is 5.86. The zero-order valence-corrected chi connectivity index (χ0v) is 16.7. The van der Waals surface area contributed by atoms with E-state index >= 15 is 0 Å². The lowest BCUT2D eigenvalue weighted by Gasteiger charge is -2.29. The Bertz CT molecular complexity index is 1100. The average molecular weight is 409 g/mol. The van der Waals surface area contributed by atoms with Crippen molar-refractivity contribution in [1.29, 1.82) is 0 Å². The van der Waals surface area contributed by atoms with Crippen molar-refractivity contribution in [3.8, 4) is 22.6 Å². The largest absolute Gasteiger partial charge is 0.493 e. The first-order valence-electron chi connectivity index (χ1n) is 9.85. The number of carbonyl (C=O) groups is 1. The molecule has 1 fully saturated rings. The van der Waals surface area contributed by atoms with Crippen LogP contribution >= 0.6 is 0 Å². The fourth-order valence-corrected chi connectivity index (χ4v) is 3.56. The molecule has 0 radical (unpaired) electrons. The normalized spacial score (nSPS) is 14.7. The van der Waals surface area contributed by atoms with Crippen LogP contribution in [0.2, 0.25) is 0 Å². The number of methoxy groups -OCH3 is 1. The summed E-state index contributed by atoms with van der Waals surface area (Å²) in [5.74, 6) is 0.943. The van der Waals surface area contributed by atoms with E-state index in [9.17, 15) is 14.7 Å². The van der Waals surface area contributed by atoms with Crippen LogP contribution in [0.3, 0.4) is 0 Å². The first kappa shape index (κ1) is 20.0. The minimum Gasteiger partial charge on any atom is -0.493 e. The maximum absolute atomic E-state index is 12.5. The van der Waals surface area contributed by atoms with Gasteiger partial charge in [-0.05, 0) is 42.7 Å². The number of nitrogens with zero attached hydrogens (tertiary/aromatic N) is 1. The van der Waals surface area contributed by atoms with Crippen LogP contribution in [0.5, 0.6) is 11.5 Å². The molecule has 1 aliphatic rings. The van der Waals surface area contributed by atoms with Crippen molar-refractivity contribution >= 4 is 16.9 Å². The topological polar surface area (TPSA) is 89.2 Å². The number of piperidine rings is 1. The molecule has 0 bridgehead atoms. The van der Waals surface area contributed by atoms with E-state index in [0.717, 1.165) is 5.39 Å². The molecule has 2 aromatic carbocycles. The highest BCUT2D eigenvalue weighted by Gasteiger charge is 2.21. The van der Waals surface area contributed by atoms with Gasteiger partial charge in [0, 0.05) is 18.5 Å². The first-order chi connectivity index (χ1) is 14.5. The molecule has 1 saturated heterocycles. The summed E-state index contributed by atoms with van der Waals surface area (Å²) in [6.45, 7) is 1.03. The van der Waals surface area contributed by atoms with Crippen LogP contribution < -0.4 is 15.1 Å². The SMILES string of the molecule is COc1cccc2cc(-c3ccc(OCC(=O)N4CCC(O)CC4)cc3)c(=O)oc12. The molecular weight excluding hydrogens is 386 g/mol. The second-order valence-corrected chi connectivity index (χ2v) is 7.25. The zero-order valence-electron chi connectivity index (χ0n) is 16.7. The monoisotopic (exact) mass is 409 g/mol. The van der Waals surface area contributed by atoms with E-state index in [4.69, 9.17) is 13.9 Å². The maximum Gasteiger partial charge on any atom is 0.344 e. The summed E-state index contributed by atoms with van der Waals surface area (Å²) in [6, 6.07) is 14.2. The van der Waals surface area contributed by atoms with Gasteiger partial charge in [-0.15, -0.1) is 0 Å². The second kappa shape index (κ2) is 8.59. The van der Waals surface area contributed by atoms with Crippen LogP contribution in [0.1, 0.15) is 12.8 Å². The van der Waals surface area contributed by atoms with Gasteiger partial charge in [0.25, 0.3) is 5.91 Å². The van der Waals surface area contributed by atoms with Gasteiger partial charge >= 0.3 is 5.63 Å². The van der Waals surface area contributed by atoms with Crippen molar-refractivity contribution in [2.24, 2.45) is 0 Å². The molecule has 2 heterocycles. The quantitative estimate of drug-likeness (QED) is 0.652. The maximum atomic E-state index is 12.5. The van der Waals surface area contributed by atoms with Crippen molar-refractivity contribution in [2.75, 3.05) is 26.8 Å². The predicted molar refractivity (Wildman–Crippen MR) is 112 cm³/mol. The van der Waals surface area contributed by atoms with Crippen molar-refractivity contribution in [3.05, 3.63) is 59.0 Å². The van der Waals surface area contributed by atoms with Gasteiger partial charge < -0.3 is 23.9 Å². The molecule has 7 nitrogen and oxygen atoms in total. The summed E-state index contributed by atoms with van der Waals surface area (Å²) in [5.41, 5.74) is 1.09. The smallest absolute Gasteiger partial charge is 0.344 e. The zero-order chi connectivity index (χ0) is 21.1. The Morgan fingerprint density at radius 1 is 1.17 bits per heavy atom. The molecule has 3 aromatic rings. The molecule has 1 aromatic heterocycles. The third-order valence-electron chi connectivity index (χ3n) is 5.29. The molecule has 0 spiro atoms. The standard InChI is InChI=1S/C23H23NO6/c1-28-20-4-2-3-16-13-19(23(27)30-22(16)20)15-5-7-18(8-6-15)29-14-21(26)24-11-9-17(25)10-12-24/h2-8,13,17,25H,9-12,14H2,1H3. The van der Waals surface area contributed by atoms with Crippen molar-refractivity contribution in [2.45, 2.75) is 18.9 Å². The molecule has 0 atom stereocenters. The number of benzene rings is 2. The lowest BCUT2D eigenvalue weighted by Crippen LogP contribution is -2.42. The van der Waals surface area contributed by atoms with E-state index in [1.54, 1.807) is 41.3 Å². The van der Waals surface area contributed by atoms with Crippen LogP contribution in [0.4, 0.5) is 0 Å². The summed E-state index contributed by atoms with van der Waals surface area (Å²) in [7, 11) is 1.53. The van der Waals surface area contributed by atoms with E-state index in [-0.39, 0.29) is 18.6 Å². The number of ether oxygens (including phenoxy) is 2. The van der Waals surface area contributed by atoms with E-state index < -0.39 is 5.63 Å². The van der Waals surface area contributed by atoms with Gasteiger partial charge in [-0.3, -0.25) is 4.79 Å². The third-order valence-corrected chi connectivity index (χ3v) is 5.29. The molecule has 30 heavy (non-hydrogen) atoms. The minimum absolute atomic E-state index is 0.0622.